The van der Waals surface area contributed by atoms with Crippen molar-refractivity contribution in [1.29, 1.82) is 0 Å². The van der Waals surface area contributed by atoms with Crippen molar-refractivity contribution < 1.29 is 9.59 Å². The topological polar surface area (TPSA) is 84.2 Å². The van der Waals surface area contributed by atoms with Crippen LogP contribution >= 0.6 is 0 Å². The number of unbranched alkanes of at least 4 members (excludes halogenated alkanes) is 1. The SMILES string of the molecule is CCCCNC(=O)c1cccc(NC(=O)CCc2ccccc2N)c1. The average Bonchev–Trinajstić information content (AvgIpc) is 2.61. The van der Waals surface area contributed by atoms with E-state index >= 15 is 0 Å². The molecule has 0 saturated heterocycles. The van der Waals surface area contributed by atoms with E-state index in [-0.39, 0.29) is 11.8 Å². The number of para-hydroxylation sites is 1. The van der Waals surface area contributed by atoms with Gasteiger partial charge in [-0.3, -0.25) is 9.59 Å². The number of anilines is 2. The number of rotatable bonds is 8. The molecule has 0 atom stereocenters. The van der Waals surface area contributed by atoms with Crippen molar-refractivity contribution in [1.82, 2.24) is 5.32 Å². The van der Waals surface area contributed by atoms with E-state index in [1.807, 2.05) is 24.3 Å². The molecule has 2 rings (SSSR count). The largest absolute Gasteiger partial charge is 0.399 e. The first-order valence-electron chi connectivity index (χ1n) is 8.61. The second kappa shape index (κ2) is 9.47. The van der Waals surface area contributed by atoms with E-state index in [0.717, 1.165) is 18.4 Å². The van der Waals surface area contributed by atoms with Gasteiger partial charge in [-0.2, -0.15) is 0 Å². The van der Waals surface area contributed by atoms with Crippen LogP contribution in [0, 0.1) is 0 Å². The monoisotopic (exact) mass is 339 g/mol. The summed E-state index contributed by atoms with van der Waals surface area (Å²) in [6.45, 7) is 2.73. The van der Waals surface area contributed by atoms with Crippen LogP contribution in [0.4, 0.5) is 11.4 Å². The van der Waals surface area contributed by atoms with Gasteiger partial charge < -0.3 is 16.4 Å². The van der Waals surface area contributed by atoms with Crippen LogP contribution in [0.3, 0.4) is 0 Å². The quantitative estimate of drug-likeness (QED) is 0.509. The Labute approximate surface area is 148 Å². The van der Waals surface area contributed by atoms with Crippen LogP contribution in [0.2, 0.25) is 0 Å². The number of aryl methyl sites for hydroxylation is 1. The zero-order valence-corrected chi connectivity index (χ0v) is 14.5. The lowest BCUT2D eigenvalue weighted by Gasteiger charge is -2.09. The highest BCUT2D eigenvalue weighted by Gasteiger charge is 2.08. The third-order valence-corrected chi connectivity index (χ3v) is 3.90. The van der Waals surface area contributed by atoms with Crippen molar-refractivity contribution in [2.75, 3.05) is 17.6 Å². The predicted molar refractivity (Wildman–Crippen MR) is 101 cm³/mol. The summed E-state index contributed by atoms with van der Waals surface area (Å²) in [5.74, 6) is -0.228. The van der Waals surface area contributed by atoms with Gasteiger partial charge in [-0.1, -0.05) is 37.6 Å². The molecule has 2 aromatic rings. The van der Waals surface area contributed by atoms with Gasteiger partial charge in [0.05, 0.1) is 0 Å². The molecule has 4 N–H and O–H groups in total. The Morgan fingerprint density at radius 3 is 2.64 bits per heavy atom. The van der Waals surface area contributed by atoms with Crippen molar-refractivity contribution in [3.8, 4) is 0 Å². The van der Waals surface area contributed by atoms with Gasteiger partial charge in [0.25, 0.3) is 5.91 Å². The van der Waals surface area contributed by atoms with Gasteiger partial charge in [-0.15, -0.1) is 0 Å². The van der Waals surface area contributed by atoms with E-state index in [1.54, 1.807) is 24.3 Å². The van der Waals surface area contributed by atoms with Crippen LogP contribution in [0.1, 0.15) is 42.1 Å². The first-order valence-corrected chi connectivity index (χ1v) is 8.61. The summed E-state index contributed by atoms with van der Waals surface area (Å²) in [6, 6.07) is 14.5. The molecule has 5 nitrogen and oxygen atoms in total. The maximum absolute atomic E-state index is 12.1. The predicted octanol–water partition coefficient (Wildman–Crippen LogP) is 3.37. The zero-order chi connectivity index (χ0) is 18.1. The first kappa shape index (κ1) is 18.5. The molecule has 0 saturated carbocycles. The molecular formula is C20H25N3O2. The number of benzene rings is 2. The van der Waals surface area contributed by atoms with Crippen LogP contribution in [0.15, 0.2) is 48.5 Å². The molecule has 0 bridgehead atoms. The van der Waals surface area contributed by atoms with Gasteiger partial charge in [0, 0.05) is 29.9 Å². The van der Waals surface area contributed by atoms with E-state index in [4.69, 9.17) is 5.73 Å². The molecule has 0 fully saturated rings. The fourth-order valence-electron chi connectivity index (χ4n) is 2.45. The number of hydrogen-bond acceptors (Lipinski definition) is 3. The second-order valence-corrected chi connectivity index (χ2v) is 5.94. The lowest BCUT2D eigenvalue weighted by Crippen LogP contribution is -2.24. The second-order valence-electron chi connectivity index (χ2n) is 5.94. The summed E-state index contributed by atoms with van der Waals surface area (Å²) >= 11 is 0. The summed E-state index contributed by atoms with van der Waals surface area (Å²) in [6.07, 6.45) is 2.89. The summed E-state index contributed by atoms with van der Waals surface area (Å²) in [5.41, 5.74) is 8.70. The summed E-state index contributed by atoms with van der Waals surface area (Å²) in [4.78, 5) is 24.2. The number of carbonyl (C=O) groups excluding carboxylic acids is 2. The van der Waals surface area contributed by atoms with Crippen LogP contribution in [0.5, 0.6) is 0 Å². The molecule has 0 aliphatic rings. The highest BCUT2D eigenvalue weighted by atomic mass is 16.2. The van der Waals surface area contributed by atoms with Crippen molar-refractivity contribution in [3.05, 3.63) is 59.7 Å². The summed E-state index contributed by atoms with van der Waals surface area (Å²) < 4.78 is 0. The average molecular weight is 339 g/mol. The molecule has 5 heteroatoms. The number of hydrogen-bond donors (Lipinski definition) is 3. The maximum Gasteiger partial charge on any atom is 0.251 e. The molecule has 2 amide bonds. The van der Waals surface area contributed by atoms with Crippen LogP contribution in [-0.4, -0.2) is 18.4 Å². The van der Waals surface area contributed by atoms with Crippen molar-refractivity contribution >= 4 is 23.2 Å². The van der Waals surface area contributed by atoms with Gasteiger partial charge in [-0.05, 0) is 42.7 Å². The minimum Gasteiger partial charge on any atom is -0.399 e. The minimum absolute atomic E-state index is 0.105. The number of nitrogens with one attached hydrogen (secondary N) is 2. The molecule has 2 aromatic carbocycles. The molecule has 132 valence electrons. The molecule has 0 unspecified atom stereocenters. The minimum atomic E-state index is -0.124. The van der Waals surface area contributed by atoms with E-state index in [0.29, 0.717) is 36.3 Å². The normalized spacial score (nSPS) is 10.3. The lowest BCUT2D eigenvalue weighted by molar-refractivity contribution is -0.116. The third-order valence-electron chi connectivity index (χ3n) is 3.90. The molecule has 0 aromatic heterocycles. The smallest absolute Gasteiger partial charge is 0.251 e. The Kier molecular flexibility index (Phi) is 7.01. The van der Waals surface area contributed by atoms with E-state index in [9.17, 15) is 9.59 Å². The summed E-state index contributed by atoms with van der Waals surface area (Å²) in [5, 5.41) is 5.70. The summed E-state index contributed by atoms with van der Waals surface area (Å²) in [7, 11) is 0. The van der Waals surface area contributed by atoms with Crippen LogP contribution in [0.25, 0.3) is 0 Å². The Morgan fingerprint density at radius 1 is 1.08 bits per heavy atom. The molecule has 0 aliphatic carbocycles. The molecule has 0 radical (unpaired) electrons. The Bertz CT molecular complexity index is 728. The third kappa shape index (κ3) is 5.95. The molecule has 25 heavy (non-hydrogen) atoms. The zero-order valence-electron chi connectivity index (χ0n) is 14.5. The van der Waals surface area contributed by atoms with E-state index < -0.39 is 0 Å². The van der Waals surface area contributed by atoms with Crippen LogP contribution in [-0.2, 0) is 11.2 Å². The Hall–Kier alpha value is -2.82. The number of nitrogens with two attached hydrogens (primary N) is 1. The van der Waals surface area contributed by atoms with Crippen LogP contribution < -0.4 is 16.4 Å². The van der Waals surface area contributed by atoms with Crippen molar-refractivity contribution in [3.63, 3.8) is 0 Å². The highest BCUT2D eigenvalue weighted by molar-refractivity contribution is 5.97. The molecule has 0 heterocycles. The van der Waals surface area contributed by atoms with Gasteiger partial charge in [0.15, 0.2) is 0 Å². The molecule has 0 spiro atoms. The van der Waals surface area contributed by atoms with Gasteiger partial charge in [0.1, 0.15) is 0 Å². The van der Waals surface area contributed by atoms with Gasteiger partial charge >= 0.3 is 0 Å². The van der Waals surface area contributed by atoms with Gasteiger partial charge in [-0.25, -0.2) is 0 Å². The Morgan fingerprint density at radius 2 is 1.88 bits per heavy atom. The Balaban J connectivity index is 1.89. The highest BCUT2D eigenvalue weighted by Crippen LogP contribution is 2.15. The fourth-order valence-corrected chi connectivity index (χ4v) is 2.45. The lowest BCUT2D eigenvalue weighted by atomic mass is 10.1. The number of nitrogen functional groups attached to an aromatic ring is 1. The van der Waals surface area contributed by atoms with Crippen molar-refractivity contribution in [2.45, 2.75) is 32.6 Å². The number of carbonyl (C=O) groups is 2. The molecular weight excluding hydrogens is 314 g/mol. The van der Waals surface area contributed by atoms with Gasteiger partial charge in [0.2, 0.25) is 5.91 Å². The maximum atomic E-state index is 12.1. The van der Waals surface area contributed by atoms with E-state index in [1.165, 1.54) is 0 Å². The first-order chi connectivity index (χ1) is 12.1. The van der Waals surface area contributed by atoms with E-state index in [2.05, 4.69) is 17.6 Å². The number of amides is 2. The standard InChI is InChI=1S/C20H25N3O2/c1-2-3-13-22-20(25)16-8-6-9-17(14-16)23-19(24)12-11-15-7-4-5-10-18(15)21/h4-10,14H,2-3,11-13,21H2,1H3,(H,22,25)(H,23,24). The molecule has 0 aliphatic heterocycles. The van der Waals surface area contributed by atoms with Crippen molar-refractivity contribution in [2.24, 2.45) is 0 Å². The fraction of sp³-hybridized carbons (Fsp3) is 0.300.